The molecule has 238 valence electrons. The topological polar surface area (TPSA) is 116 Å². The summed E-state index contributed by atoms with van der Waals surface area (Å²) in [5, 5.41) is 0. The van der Waals surface area contributed by atoms with Crippen molar-refractivity contribution in [1.29, 1.82) is 0 Å². The van der Waals surface area contributed by atoms with Crippen LogP contribution in [-0.4, -0.2) is 44.8 Å². The summed E-state index contributed by atoms with van der Waals surface area (Å²) in [7, 11) is 2.85. The van der Waals surface area contributed by atoms with E-state index < -0.39 is 12.0 Å². The first-order valence-electron chi connectivity index (χ1n) is 14.6. The maximum absolute atomic E-state index is 14.0. The first kappa shape index (κ1) is 30.8. The molecule has 46 heavy (non-hydrogen) atoms. The predicted molar refractivity (Wildman–Crippen MR) is 170 cm³/mol. The van der Waals surface area contributed by atoms with Gasteiger partial charge in [0.2, 0.25) is 6.79 Å². The highest BCUT2D eigenvalue weighted by Crippen LogP contribution is 2.36. The van der Waals surface area contributed by atoms with Gasteiger partial charge in [-0.1, -0.05) is 29.5 Å². The Morgan fingerprint density at radius 3 is 2.48 bits per heavy atom. The monoisotopic (exact) mass is 644 g/mol. The Hall–Kier alpha value is -5.23. The molecule has 0 unspecified atom stereocenters. The molecule has 0 spiro atoms. The summed E-state index contributed by atoms with van der Waals surface area (Å²) in [6.07, 6.45) is 3.22. The molecular formula is C34H32N2O9S. The van der Waals surface area contributed by atoms with Crippen LogP contribution >= 0.6 is 11.3 Å². The number of carbonyl (C=O) groups is 1. The minimum absolute atomic E-state index is 0.205. The Labute approximate surface area is 268 Å². The van der Waals surface area contributed by atoms with Gasteiger partial charge in [0, 0.05) is 6.20 Å². The van der Waals surface area contributed by atoms with Crippen LogP contribution in [0.3, 0.4) is 0 Å². The lowest BCUT2D eigenvalue weighted by molar-refractivity contribution is -0.136. The van der Waals surface area contributed by atoms with Crippen LogP contribution in [0.1, 0.15) is 36.6 Å². The molecule has 0 fully saturated rings. The SMILES string of the molecule is CCOc1ccc([C@H]2C(C(=O)OC)=CN=c3s/c(=C\c4ccc(OCc5ccc6c(c5)OCO6)c(OC)c4)c(=O)n32)cc1OCC. The lowest BCUT2D eigenvalue weighted by Crippen LogP contribution is -2.39. The molecule has 2 aliphatic rings. The molecule has 12 heteroatoms. The third-order valence-electron chi connectivity index (χ3n) is 7.32. The van der Waals surface area contributed by atoms with Crippen LogP contribution in [0, 0.1) is 0 Å². The largest absolute Gasteiger partial charge is 0.493 e. The number of thiazole rings is 1. The van der Waals surface area contributed by atoms with E-state index in [1.165, 1.54) is 29.2 Å². The molecule has 2 aliphatic heterocycles. The van der Waals surface area contributed by atoms with Gasteiger partial charge in [-0.05, 0) is 73.0 Å². The number of rotatable bonds is 11. The van der Waals surface area contributed by atoms with Gasteiger partial charge in [-0.2, -0.15) is 0 Å². The zero-order valence-electron chi connectivity index (χ0n) is 25.7. The minimum atomic E-state index is -0.790. The van der Waals surface area contributed by atoms with Crippen LogP contribution in [0.2, 0.25) is 0 Å². The van der Waals surface area contributed by atoms with E-state index in [0.717, 1.165) is 11.1 Å². The number of hydrogen-bond donors (Lipinski definition) is 0. The molecule has 3 aromatic carbocycles. The van der Waals surface area contributed by atoms with Crippen LogP contribution in [0.4, 0.5) is 0 Å². The molecule has 0 bridgehead atoms. The Balaban J connectivity index is 1.34. The lowest BCUT2D eigenvalue weighted by atomic mass is 9.97. The van der Waals surface area contributed by atoms with Crippen LogP contribution < -0.4 is 43.3 Å². The van der Waals surface area contributed by atoms with Crippen molar-refractivity contribution in [2.24, 2.45) is 4.99 Å². The number of benzene rings is 3. The lowest BCUT2D eigenvalue weighted by Gasteiger charge is -2.23. The van der Waals surface area contributed by atoms with Crippen molar-refractivity contribution in [3.05, 3.63) is 103 Å². The van der Waals surface area contributed by atoms with Gasteiger partial charge >= 0.3 is 5.97 Å². The quantitative estimate of drug-likeness (QED) is 0.222. The van der Waals surface area contributed by atoms with E-state index in [-0.39, 0.29) is 17.9 Å². The zero-order valence-corrected chi connectivity index (χ0v) is 26.6. The highest BCUT2D eigenvalue weighted by molar-refractivity contribution is 7.07. The van der Waals surface area contributed by atoms with Crippen molar-refractivity contribution < 1.29 is 38.0 Å². The summed E-state index contributed by atoms with van der Waals surface area (Å²) < 4.78 is 41.0. The number of nitrogens with zero attached hydrogens (tertiary/aromatic N) is 2. The number of carbonyl (C=O) groups excluding carboxylic acids is 1. The molecule has 0 N–H and O–H groups in total. The second-order valence-corrected chi connectivity index (χ2v) is 11.1. The Bertz CT molecular complexity index is 2000. The van der Waals surface area contributed by atoms with E-state index in [1.54, 1.807) is 37.5 Å². The van der Waals surface area contributed by atoms with E-state index >= 15 is 0 Å². The van der Waals surface area contributed by atoms with Crippen LogP contribution in [0.25, 0.3) is 6.08 Å². The molecule has 11 nitrogen and oxygen atoms in total. The molecular weight excluding hydrogens is 612 g/mol. The number of esters is 1. The summed E-state index contributed by atoms with van der Waals surface area (Å²) in [5.41, 5.74) is 2.20. The number of hydrogen-bond acceptors (Lipinski definition) is 11. The molecule has 1 aromatic heterocycles. The predicted octanol–water partition coefficient (Wildman–Crippen LogP) is 4.13. The van der Waals surface area contributed by atoms with Crippen molar-refractivity contribution in [2.45, 2.75) is 26.5 Å². The number of methoxy groups -OCH3 is 2. The van der Waals surface area contributed by atoms with Crippen molar-refractivity contribution in [3.8, 4) is 34.5 Å². The van der Waals surface area contributed by atoms with Crippen molar-refractivity contribution in [1.82, 2.24) is 4.57 Å². The average Bonchev–Trinajstić information content (AvgIpc) is 3.67. The van der Waals surface area contributed by atoms with E-state index in [0.29, 0.717) is 69.2 Å². The van der Waals surface area contributed by atoms with E-state index in [2.05, 4.69) is 4.99 Å². The molecule has 6 rings (SSSR count). The van der Waals surface area contributed by atoms with Crippen LogP contribution in [-0.2, 0) is 16.1 Å². The Kier molecular flexibility index (Phi) is 8.97. The summed E-state index contributed by atoms with van der Waals surface area (Å²) >= 11 is 1.22. The van der Waals surface area contributed by atoms with Crippen molar-refractivity contribution in [3.63, 3.8) is 0 Å². The highest BCUT2D eigenvalue weighted by Gasteiger charge is 2.31. The molecule has 0 aliphatic carbocycles. The molecule has 1 atom stereocenters. The zero-order chi connectivity index (χ0) is 32.2. The standard InChI is InChI=1S/C34H32N2O9S/c1-5-41-25-12-9-22(16-29(25)42-6-2)31-23(33(38)40-4)17-35-34-36(31)32(37)30(46-34)15-20-7-10-24(27(13-20)39-3)43-18-21-8-11-26-28(14-21)45-19-44-26/h7-17,31H,5-6,18-19H2,1-4H3/b30-15-/t31-/m0/s1. The Morgan fingerprint density at radius 1 is 0.935 bits per heavy atom. The maximum atomic E-state index is 14.0. The van der Waals surface area contributed by atoms with Gasteiger partial charge in [0.25, 0.3) is 5.56 Å². The highest BCUT2D eigenvalue weighted by atomic mass is 32.1. The van der Waals surface area contributed by atoms with Crippen molar-refractivity contribution >= 4 is 23.4 Å². The number of aromatic nitrogens is 1. The number of fused-ring (bicyclic) bond motifs is 2. The molecule has 0 radical (unpaired) electrons. The summed E-state index contributed by atoms with van der Waals surface area (Å²) in [6, 6.07) is 15.7. The second kappa shape index (κ2) is 13.4. The van der Waals surface area contributed by atoms with E-state index in [4.69, 9.17) is 33.2 Å². The third-order valence-corrected chi connectivity index (χ3v) is 8.32. The molecule has 0 saturated heterocycles. The van der Waals surface area contributed by atoms with Gasteiger partial charge in [-0.15, -0.1) is 0 Å². The fourth-order valence-corrected chi connectivity index (χ4v) is 6.19. The molecule has 0 saturated carbocycles. The molecule has 3 heterocycles. The van der Waals surface area contributed by atoms with Gasteiger partial charge in [-0.3, -0.25) is 9.36 Å². The summed E-state index contributed by atoms with van der Waals surface area (Å²) in [5.74, 6) is 2.94. The fourth-order valence-electron chi connectivity index (χ4n) is 5.22. The van der Waals surface area contributed by atoms with Crippen molar-refractivity contribution in [2.75, 3.05) is 34.2 Å². The molecule has 0 amide bonds. The number of ether oxygens (including phenoxy) is 7. The van der Waals surface area contributed by atoms with Gasteiger partial charge in [0.1, 0.15) is 6.61 Å². The van der Waals surface area contributed by atoms with Crippen LogP contribution in [0.15, 0.2) is 76.2 Å². The van der Waals surface area contributed by atoms with E-state index in [1.807, 2.05) is 44.2 Å². The molecule has 4 aromatic rings. The van der Waals surface area contributed by atoms with Gasteiger partial charge in [0.05, 0.1) is 43.6 Å². The third kappa shape index (κ3) is 6.03. The Morgan fingerprint density at radius 2 is 1.70 bits per heavy atom. The summed E-state index contributed by atoms with van der Waals surface area (Å²) in [4.78, 5) is 31.7. The first-order chi connectivity index (χ1) is 22.4. The fraction of sp³-hybridized carbons (Fsp3) is 0.265. The van der Waals surface area contributed by atoms with Gasteiger partial charge in [-0.25, -0.2) is 9.79 Å². The average molecular weight is 645 g/mol. The van der Waals surface area contributed by atoms with Crippen LogP contribution in [0.5, 0.6) is 34.5 Å². The second-order valence-electron chi connectivity index (χ2n) is 10.1. The maximum Gasteiger partial charge on any atom is 0.337 e. The first-order valence-corrected chi connectivity index (χ1v) is 15.4. The smallest absolute Gasteiger partial charge is 0.337 e. The van der Waals surface area contributed by atoms with Gasteiger partial charge in [0.15, 0.2) is 39.3 Å². The van der Waals surface area contributed by atoms with E-state index in [9.17, 15) is 9.59 Å². The van der Waals surface area contributed by atoms with Gasteiger partial charge < -0.3 is 33.2 Å². The summed E-state index contributed by atoms with van der Waals surface area (Å²) in [6.45, 7) is 5.13. The minimum Gasteiger partial charge on any atom is -0.493 e. The normalized spacial score (nSPS) is 15.0.